The summed E-state index contributed by atoms with van der Waals surface area (Å²) in [5.41, 5.74) is 1.55. The summed E-state index contributed by atoms with van der Waals surface area (Å²) < 4.78 is 0. The van der Waals surface area contributed by atoms with Gasteiger partial charge in [-0.25, -0.2) is 4.79 Å². The number of hydrogen-bond donors (Lipinski definition) is 3. The van der Waals surface area contributed by atoms with Crippen LogP contribution in [0, 0.1) is 5.92 Å². The third kappa shape index (κ3) is 5.90. The molecule has 0 radical (unpaired) electrons. The first-order chi connectivity index (χ1) is 8.99. The monoisotopic (exact) mass is 264 g/mol. The number of rotatable bonds is 6. The van der Waals surface area contributed by atoms with Crippen molar-refractivity contribution in [2.45, 2.75) is 26.8 Å². The molecule has 0 bridgehead atoms. The van der Waals surface area contributed by atoms with Gasteiger partial charge in [0.05, 0.1) is 6.42 Å². The molecule has 0 fully saturated rings. The summed E-state index contributed by atoms with van der Waals surface area (Å²) in [4.78, 5) is 22.3. The van der Waals surface area contributed by atoms with Crippen molar-refractivity contribution in [1.82, 2.24) is 10.6 Å². The number of urea groups is 1. The minimum atomic E-state index is -0.878. The third-order valence-electron chi connectivity index (χ3n) is 2.57. The molecule has 0 heterocycles. The molecular formula is C14H20N2O3. The van der Waals surface area contributed by atoms with Gasteiger partial charge in [0.2, 0.25) is 0 Å². The molecule has 1 rings (SSSR count). The Labute approximate surface area is 113 Å². The maximum absolute atomic E-state index is 11.5. The van der Waals surface area contributed by atoms with Crippen LogP contribution in [0.5, 0.6) is 0 Å². The quantitative estimate of drug-likeness (QED) is 0.732. The zero-order valence-corrected chi connectivity index (χ0v) is 11.3. The van der Waals surface area contributed by atoms with Crippen molar-refractivity contribution in [3.8, 4) is 0 Å². The number of carbonyl (C=O) groups excluding carboxylic acids is 1. The van der Waals surface area contributed by atoms with E-state index >= 15 is 0 Å². The fourth-order valence-corrected chi connectivity index (χ4v) is 1.60. The standard InChI is InChI=1S/C14H20N2O3/c1-10(2)8-15-14(19)16-9-12-6-4-3-5-11(12)7-13(17)18/h3-6,10H,7-9H2,1-2H3,(H,17,18)(H2,15,16,19). The van der Waals surface area contributed by atoms with Gasteiger partial charge in [0.1, 0.15) is 0 Å². The second-order valence-corrected chi connectivity index (χ2v) is 4.80. The SMILES string of the molecule is CC(C)CNC(=O)NCc1ccccc1CC(=O)O. The number of aliphatic carboxylic acids is 1. The Balaban J connectivity index is 2.52. The highest BCUT2D eigenvalue weighted by Crippen LogP contribution is 2.09. The Bertz CT molecular complexity index is 444. The predicted molar refractivity (Wildman–Crippen MR) is 72.9 cm³/mol. The van der Waals surface area contributed by atoms with Crippen LogP contribution in [0.15, 0.2) is 24.3 Å². The maximum atomic E-state index is 11.5. The van der Waals surface area contributed by atoms with Gasteiger partial charge in [0, 0.05) is 13.1 Å². The van der Waals surface area contributed by atoms with Crippen LogP contribution in [0.3, 0.4) is 0 Å². The Hall–Kier alpha value is -2.04. The topological polar surface area (TPSA) is 78.4 Å². The lowest BCUT2D eigenvalue weighted by Gasteiger charge is -2.11. The van der Waals surface area contributed by atoms with Crippen molar-refractivity contribution < 1.29 is 14.7 Å². The van der Waals surface area contributed by atoms with Crippen LogP contribution in [-0.2, 0) is 17.8 Å². The molecule has 0 spiro atoms. The molecule has 5 heteroatoms. The van der Waals surface area contributed by atoms with Gasteiger partial charge in [-0.3, -0.25) is 4.79 Å². The van der Waals surface area contributed by atoms with Gasteiger partial charge in [-0.15, -0.1) is 0 Å². The first-order valence-electron chi connectivity index (χ1n) is 6.29. The molecule has 3 N–H and O–H groups in total. The maximum Gasteiger partial charge on any atom is 0.315 e. The van der Waals surface area contributed by atoms with E-state index in [2.05, 4.69) is 10.6 Å². The second kappa shape index (κ2) is 7.41. The van der Waals surface area contributed by atoms with Crippen molar-refractivity contribution >= 4 is 12.0 Å². The molecular weight excluding hydrogens is 244 g/mol. The molecule has 0 aliphatic carbocycles. The highest BCUT2D eigenvalue weighted by Gasteiger charge is 2.07. The van der Waals surface area contributed by atoms with Crippen LogP contribution in [0.1, 0.15) is 25.0 Å². The van der Waals surface area contributed by atoms with Crippen molar-refractivity contribution in [2.75, 3.05) is 6.54 Å². The van der Waals surface area contributed by atoms with E-state index < -0.39 is 5.97 Å². The van der Waals surface area contributed by atoms with E-state index in [1.807, 2.05) is 26.0 Å². The lowest BCUT2D eigenvalue weighted by molar-refractivity contribution is -0.136. The number of nitrogens with one attached hydrogen (secondary N) is 2. The van der Waals surface area contributed by atoms with Crippen LogP contribution >= 0.6 is 0 Å². The Morgan fingerprint density at radius 3 is 2.37 bits per heavy atom. The zero-order valence-electron chi connectivity index (χ0n) is 11.3. The van der Waals surface area contributed by atoms with Gasteiger partial charge >= 0.3 is 12.0 Å². The first kappa shape index (κ1) is 15.0. The Morgan fingerprint density at radius 1 is 1.16 bits per heavy atom. The van der Waals surface area contributed by atoms with E-state index in [0.29, 0.717) is 19.0 Å². The normalized spacial score (nSPS) is 10.3. The molecule has 0 atom stereocenters. The average Bonchev–Trinajstić information content (AvgIpc) is 2.34. The minimum Gasteiger partial charge on any atom is -0.481 e. The summed E-state index contributed by atoms with van der Waals surface area (Å²) in [6.07, 6.45) is -0.0362. The fourth-order valence-electron chi connectivity index (χ4n) is 1.60. The molecule has 1 aromatic carbocycles. The first-order valence-corrected chi connectivity index (χ1v) is 6.29. The fraction of sp³-hybridized carbons (Fsp3) is 0.429. The van der Waals surface area contributed by atoms with Gasteiger partial charge in [0.25, 0.3) is 0 Å². The van der Waals surface area contributed by atoms with Crippen molar-refractivity contribution in [3.05, 3.63) is 35.4 Å². The molecule has 0 unspecified atom stereocenters. The van der Waals surface area contributed by atoms with Gasteiger partial charge < -0.3 is 15.7 Å². The van der Waals surface area contributed by atoms with Crippen molar-refractivity contribution in [3.63, 3.8) is 0 Å². The highest BCUT2D eigenvalue weighted by molar-refractivity contribution is 5.74. The molecule has 104 valence electrons. The number of amides is 2. The third-order valence-corrected chi connectivity index (χ3v) is 2.57. The number of carboxylic acid groups (broad SMARTS) is 1. The molecule has 2 amide bonds. The predicted octanol–water partition coefficient (Wildman–Crippen LogP) is 1.77. The summed E-state index contributed by atoms with van der Waals surface area (Å²) >= 11 is 0. The summed E-state index contributed by atoms with van der Waals surface area (Å²) in [5, 5.41) is 14.3. The second-order valence-electron chi connectivity index (χ2n) is 4.80. The van der Waals surface area contributed by atoms with E-state index in [9.17, 15) is 9.59 Å². The highest BCUT2D eigenvalue weighted by atomic mass is 16.4. The summed E-state index contributed by atoms with van der Waals surface area (Å²) in [6, 6.07) is 6.96. The molecule has 0 aromatic heterocycles. The minimum absolute atomic E-state index is 0.0362. The van der Waals surface area contributed by atoms with Gasteiger partial charge in [-0.2, -0.15) is 0 Å². The van der Waals surface area contributed by atoms with Crippen molar-refractivity contribution in [1.29, 1.82) is 0 Å². The van der Waals surface area contributed by atoms with E-state index in [0.717, 1.165) is 11.1 Å². The van der Waals surface area contributed by atoms with Gasteiger partial charge in [-0.1, -0.05) is 38.1 Å². The van der Waals surface area contributed by atoms with Crippen LogP contribution in [0.2, 0.25) is 0 Å². The molecule has 0 saturated heterocycles. The molecule has 1 aromatic rings. The van der Waals surface area contributed by atoms with Gasteiger partial charge in [-0.05, 0) is 17.0 Å². The van der Waals surface area contributed by atoms with Crippen molar-refractivity contribution in [2.24, 2.45) is 5.92 Å². The average molecular weight is 264 g/mol. The lowest BCUT2D eigenvalue weighted by Crippen LogP contribution is -2.37. The largest absolute Gasteiger partial charge is 0.481 e. The molecule has 5 nitrogen and oxygen atoms in total. The van der Waals surface area contributed by atoms with Gasteiger partial charge in [0.15, 0.2) is 0 Å². The van der Waals surface area contributed by atoms with Crippen LogP contribution in [0.4, 0.5) is 4.79 Å². The Kier molecular flexibility index (Phi) is 5.85. The summed E-state index contributed by atoms with van der Waals surface area (Å²) in [5.74, 6) is -0.484. The number of benzene rings is 1. The molecule has 19 heavy (non-hydrogen) atoms. The zero-order chi connectivity index (χ0) is 14.3. The Morgan fingerprint density at radius 2 is 1.79 bits per heavy atom. The molecule has 0 aliphatic heterocycles. The van der Waals surface area contributed by atoms with Crippen LogP contribution in [0.25, 0.3) is 0 Å². The lowest BCUT2D eigenvalue weighted by atomic mass is 10.0. The number of carbonyl (C=O) groups is 2. The number of hydrogen-bond acceptors (Lipinski definition) is 2. The van der Waals surface area contributed by atoms with Crippen LogP contribution in [-0.4, -0.2) is 23.7 Å². The smallest absolute Gasteiger partial charge is 0.315 e. The van der Waals surface area contributed by atoms with Crippen LogP contribution < -0.4 is 10.6 Å². The summed E-state index contributed by atoms with van der Waals surface area (Å²) in [7, 11) is 0. The summed E-state index contributed by atoms with van der Waals surface area (Å²) in [6.45, 7) is 4.97. The molecule has 0 aliphatic rings. The van der Waals surface area contributed by atoms with E-state index in [1.165, 1.54) is 0 Å². The van der Waals surface area contributed by atoms with E-state index in [-0.39, 0.29) is 12.5 Å². The van der Waals surface area contributed by atoms with E-state index in [4.69, 9.17) is 5.11 Å². The number of carboxylic acids is 1. The molecule has 0 saturated carbocycles. The van der Waals surface area contributed by atoms with E-state index in [1.54, 1.807) is 12.1 Å².